The second-order valence-electron chi connectivity index (χ2n) is 5.07. The Hall–Kier alpha value is -1.14. The molecule has 0 saturated carbocycles. The molecule has 1 aromatic carbocycles. The lowest BCUT2D eigenvalue weighted by atomic mass is 10.1. The van der Waals surface area contributed by atoms with Crippen molar-refractivity contribution >= 4 is 0 Å². The quantitative estimate of drug-likeness (QED) is 0.858. The van der Waals surface area contributed by atoms with Crippen molar-refractivity contribution in [3.63, 3.8) is 0 Å². The van der Waals surface area contributed by atoms with E-state index in [0.29, 0.717) is 26.1 Å². The van der Waals surface area contributed by atoms with Gasteiger partial charge in [0.25, 0.3) is 0 Å². The second kappa shape index (κ2) is 6.54. The summed E-state index contributed by atoms with van der Waals surface area (Å²) in [6.07, 6.45) is -2.95. The highest BCUT2D eigenvalue weighted by atomic mass is 19.3. The Morgan fingerprint density at radius 2 is 1.95 bits per heavy atom. The van der Waals surface area contributed by atoms with E-state index in [2.05, 4.69) is 5.32 Å². The number of alkyl halides is 4. The van der Waals surface area contributed by atoms with Gasteiger partial charge in [-0.3, -0.25) is 4.90 Å². The Bertz CT molecular complexity index is 411. The van der Waals surface area contributed by atoms with Crippen LogP contribution in [0.15, 0.2) is 30.3 Å². The van der Waals surface area contributed by atoms with Gasteiger partial charge in [0.15, 0.2) is 0 Å². The van der Waals surface area contributed by atoms with E-state index in [-0.39, 0.29) is 6.04 Å². The molecule has 1 fully saturated rings. The fourth-order valence-electron chi connectivity index (χ4n) is 2.41. The number of rotatable bonds is 4. The maximum Gasteiger partial charge on any atom is 0.319 e. The highest BCUT2D eigenvalue weighted by molar-refractivity contribution is 5.19. The van der Waals surface area contributed by atoms with E-state index in [1.165, 1.54) is 4.90 Å². The van der Waals surface area contributed by atoms with E-state index >= 15 is 0 Å². The van der Waals surface area contributed by atoms with Crippen LogP contribution < -0.4 is 5.32 Å². The standard InChI is InChI=1S/C14H18F4N2/c15-13(16)14(17,18)10-20-8-4-7-19-12(9-20)11-5-2-1-3-6-11/h1-3,5-6,12-13,19H,4,7-10H2. The van der Waals surface area contributed by atoms with Crippen LogP contribution in [0.1, 0.15) is 18.0 Å². The predicted molar refractivity (Wildman–Crippen MR) is 69.2 cm³/mol. The van der Waals surface area contributed by atoms with Gasteiger partial charge in [0, 0.05) is 12.6 Å². The molecule has 0 aliphatic carbocycles. The molecule has 20 heavy (non-hydrogen) atoms. The van der Waals surface area contributed by atoms with Crippen LogP contribution in [0.5, 0.6) is 0 Å². The molecule has 0 aromatic heterocycles. The molecule has 1 atom stereocenters. The molecule has 1 heterocycles. The number of hydrogen-bond acceptors (Lipinski definition) is 2. The molecule has 0 spiro atoms. The van der Waals surface area contributed by atoms with Gasteiger partial charge in [-0.2, -0.15) is 8.78 Å². The highest BCUT2D eigenvalue weighted by Crippen LogP contribution is 2.26. The summed E-state index contributed by atoms with van der Waals surface area (Å²) in [7, 11) is 0. The first-order chi connectivity index (χ1) is 9.49. The van der Waals surface area contributed by atoms with Crippen LogP contribution in [-0.4, -0.2) is 43.4 Å². The minimum atomic E-state index is -3.95. The van der Waals surface area contributed by atoms with E-state index < -0.39 is 18.9 Å². The molecule has 6 heteroatoms. The third-order valence-electron chi connectivity index (χ3n) is 3.44. The first-order valence-corrected chi connectivity index (χ1v) is 6.66. The molecule has 0 amide bonds. The van der Waals surface area contributed by atoms with Gasteiger partial charge < -0.3 is 5.32 Å². The SMILES string of the molecule is FC(F)C(F)(F)CN1CCCNC(c2ccccc2)C1. The molecule has 1 aliphatic heterocycles. The monoisotopic (exact) mass is 290 g/mol. The van der Waals surface area contributed by atoms with Crippen molar-refractivity contribution in [1.82, 2.24) is 10.2 Å². The number of halogens is 4. The molecule has 1 saturated heterocycles. The number of hydrogen-bond donors (Lipinski definition) is 1. The molecule has 112 valence electrons. The first kappa shape index (κ1) is 15.3. The fourth-order valence-corrected chi connectivity index (χ4v) is 2.41. The average Bonchev–Trinajstić information content (AvgIpc) is 2.64. The van der Waals surface area contributed by atoms with Crippen LogP contribution >= 0.6 is 0 Å². The van der Waals surface area contributed by atoms with E-state index in [4.69, 9.17) is 0 Å². The molecule has 1 unspecified atom stereocenters. The maximum atomic E-state index is 13.2. The van der Waals surface area contributed by atoms with Crippen LogP contribution in [0.25, 0.3) is 0 Å². The first-order valence-electron chi connectivity index (χ1n) is 6.66. The van der Waals surface area contributed by atoms with Gasteiger partial charge in [-0.25, -0.2) is 8.78 Å². The molecular weight excluding hydrogens is 272 g/mol. The summed E-state index contributed by atoms with van der Waals surface area (Å²) in [5.41, 5.74) is 0.986. The Labute approximate surface area is 115 Å². The van der Waals surface area contributed by atoms with Gasteiger partial charge in [0.1, 0.15) is 0 Å². The topological polar surface area (TPSA) is 15.3 Å². The van der Waals surface area contributed by atoms with Crippen molar-refractivity contribution < 1.29 is 17.6 Å². The van der Waals surface area contributed by atoms with Crippen molar-refractivity contribution in [1.29, 1.82) is 0 Å². The van der Waals surface area contributed by atoms with Crippen LogP contribution in [0.3, 0.4) is 0 Å². The fraction of sp³-hybridized carbons (Fsp3) is 0.571. The highest BCUT2D eigenvalue weighted by Gasteiger charge is 2.42. The second-order valence-corrected chi connectivity index (χ2v) is 5.07. The van der Waals surface area contributed by atoms with E-state index in [0.717, 1.165) is 5.56 Å². The summed E-state index contributed by atoms with van der Waals surface area (Å²) in [6, 6.07) is 9.34. The minimum absolute atomic E-state index is 0.104. The summed E-state index contributed by atoms with van der Waals surface area (Å²) < 4.78 is 51.0. The van der Waals surface area contributed by atoms with Crippen LogP contribution in [0.2, 0.25) is 0 Å². The Morgan fingerprint density at radius 1 is 1.25 bits per heavy atom. The van der Waals surface area contributed by atoms with Gasteiger partial charge in [0.05, 0.1) is 6.54 Å². The average molecular weight is 290 g/mol. The third kappa shape index (κ3) is 3.93. The summed E-state index contributed by atoms with van der Waals surface area (Å²) in [5.74, 6) is -3.95. The molecule has 2 rings (SSSR count). The molecule has 2 nitrogen and oxygen atoms in total. The largest absolute Gasteiger partial charge is 0.319 e. The van der Waals surface area contributed by atoms with Crippen LogP contribution in [0.4, 0.5) is 17.6 Å². The van der Waals surface area contributed by atoms with Gasteiger partial charge >= 0.3 is 12.3 Å². The maximum absolute atomic E-state index is 13.2. The number of benzene rings is 1. The summed E-state index contributed by atoms with van der Waals surface area (Å²) in [5, 5.41) is 3.27. The summed E-state index contributed by atoms with van der Waals surface area (Å²) in [6.45, 7) is 0.511. The summed E-state index contributed by atoms with van der Waals surface area (Å²) in [4.78, 5) is 1.42. The van der Waals surface area contributed by atoms with Gasteiger partial charge in [0.2, 0.25) is 0 Å². The molecule has 1 aliphatic rings. The zero-order valence-electron chi connectivity index (χ0n) is 11.0. The number of nitrogens with zero attached hydrogens (tertiary/aromatic N) is 1. The molecule has 0 radical (unpaired) electrons. The molecule has 1 N–H and O–H groups in total. The minimum Gasteiger partial charge on any atom is -0.309 e. The van der Waals surface area contributed by atoms with Crippen LogP contribution in [0, 0.1) is 0 Å². The molecule has 0 bridgehead atoms. The van der Waals surface area contributed by atoms with Crippen molar-refractivity contribution in [2.24, 2.45) is 0 Å². The van der Waals surface area contributed by atoms with Crippen molar-refractivity contribution in [2.75, 3.05) is 26.2 Å². The smallest absolute Gasteiger partial charge is 0.309 e. The summed E-state index contributed by atoms with van der Waals surface area (Å²) >= 11 is 0. The molecular formula is C14H18F4N2. The van der Waals surface area contributed by atoms with Crippen molar-refractivity contribution in [3.05, 3.63) is 35.9 Å². The lowest BCUT2D eigenvalue weighted by Crippen LogP contribution is -2.43. The lowest BCUT2D eigenvalue weighted by molar-refractivity contribution is -0.142. The predicted octanol–water partition coefficient (Wildman–Crippen LogP) is 2.92. The van der Waals surface area contributed by atoms with E-state index in [9.17, 15) is 17.6 Å². The van der Waals surface area contributed by atoms with Gasteiger partial charge in [-0.05, 0) is 25.1 Å². The zero-order valence-corrected chi connectivity index (χ0v) is 11.0. The van der Waals surface area contributed by atoms with Crippen LogP contribution in [-0.2, 0) is 0 Å². The number of nitrogens with one attached hydrogen (secondary N) is 1. The zero-order chi connectivity index (χ0) is 14.6. The van der Waals surface area contributed by atoms with Gasteiger partial charge in [-0.1, -0.05) is 30.3 Å². The van der Waals surface area contributed by atoms with E-state index in [1.807, 2.05) is 30.3 Å². The lowest BCUT2D eigenvalue weighted by Gasteiger charge is -2.28. The van der Waals surface area contributed by atoms with Crippen molar-refractivity contribution in [2.45, 2.75) is 24.8 Å². The Kier molecular flexibility index (Phi) is 4.99. The Morgan fingerprint density at radius 3 is 2.60 bits per heavy atom. The van der Waals surface area contributed by atoms with E-state index in [1.54, 1.807) is 0 Å². The normalized spacial score (nSPS) is 21.9. The Balaban J connectivity index is 2.04. The third-order valence-corrected chi connectivity index (χ3v) is 3.44. The van der Waals surface area contributed by atoms with Crippen molar-refractivity contribution in [3.8, 4) is 0 Å². The molecule has 1 aromatic rings. The van der Waals surface area contributed by atoms with Gasteiger partial charge in [-0.15, -0.1) is 0 Å².